The third kappa shape index (κ3) is 4.08. The highest BCUT2D eigenvalue weighted by Gasteiger charge is 2.20. The zero-order valence-corrected chi connectivity index (χ0v) is 11.3. The number of nitrogens with zero attached hydrogens (tertiary/aromatic N) is 2. The minimum Gasteiger partial charge on any atom is -0.350 e. The van der Waals surface area contributed by atoms with Crippen LogP contribution >= 0.6 is 0 Å². The largest absolute Gasteiger partial charge is 0.350 e. The van der Waals surface area contributed by atoms with Crippen molar-refractivity contribution in [1.82, 2.24) is 15.1 Å². The normalized spacial score (nSPS) is 18.3. The number of hydrogen-bond donors (Lipinski definition) is 1. The Morgan fingerprint density at radius 3 is 2.89 bits per heavy atom. The van der Waals surface area contributed by atoms with Crippen LogP contribution in [0.1, 0.15) is 25.3 Å². The van der Waals surface area contributed by atoms with Gasteiger partial charge in [-0.3, -0.25) is 4.68 Å². The maximum absolute atomic E-state index is 5.51. The van der Waals surface area contributed by atoms with Gasteiger partial charge in [-0.15, -0.1) is 0 Å². The molecule has 1 aliphatic heterocycles. The van der Waals surface area contributed by atoms with Crippen molar-refractivity contribution in [2.24, 2.45) is 7.05 Å². The fraction of sp³-hybridized carbons (Fsp3) is 0.769. The summed E-state index contributed by atoms with van der Waals surface area (Å²) in [5.74, 6) is 0. The summed E-state index contributed by atoms with van der Waals surface area (Å²) < 4.78 is 12.9. The van der Waals surface area contributed by atoms with Gasteiger partial charge in [0.25, 0.3) is 0 Å². The summed E-state index contributed by atoms with van der Waals surface area (Å²) in [4.78, 5) is 0. The summed E-state index contributed by atoms with van der Waals surface area (Å²) in [6.07, 6.45) is 7.04. The lowest BCUT2D eigenvalue weighted by atomic mass is 10.0. The van der Waals surface area contributed by atoms with Crippen LogP contribution in [0.5, 0.6) is 0 Å². The van der Waals surface area contributed by atoms with Crippen LogP contribution < -0.4 is 5.32 Å². The molecule has 0 aliphatic carbocycles. The lowest BCUT2D eigenvalue weighted by Gasteiger charge is -2.20. The Morgan fingerprint density at radius 2 is 2.28 bits per heavy atom. The van der Waals surface area contributed by atoms with Crippen molar-refractivity contribution in [3.05, 3.63) is 18.0 Å². The second-order valence-corrected chi connectivity index (χ2v) is 4.72. The van der Waals surface area contributed by atoms with Crippen LogP contribution in [-0.2, 0) is 22.9 Å². The molecule has 0 amide bonds. The van der Waals surface area contributed by atoms with E-state index in [2.05, 4.69) is 23.5 Å². The summed E-state index contributed by atoms with van der Waals surface area (Å²) in [7, 11) is 1.95. The second-order valence-electron chi connectivity index (χ2n) is 4.72. The summed E-state index contributed by atoms with van der Waals surface area (Å²) in [5, 5.41) is 7.69. The van der Waals surface area contributed by atoms with Gasteiger partial charge in [0.15, 0.2) is 6.29 Å². The van der Waals surface area contributed by atoms with Crippen LogP contribution in [0.2, 0.25) is 0 Å². The van der Waals surface area contributed by atoms with Crippen molar-refractivity contribution in [3.8, 4) is 0 Å². The van der Waals surface area contributed by atoms with Gasteiger partial charge in [-0.25, -0.2) is 0 Å². The van der Waals surface area contributed by atoms with Crippen LogP contribution in [0.4, 0.5) is 0 Å². The van der Waals surface area contributed by atoms with Crippen molar-refractivity contribution in [3.63, 3.8) is 0 Å². The number of aromatic nitrogens is 2. The molecule has 1 saturated heterocycles. The van der Waals surface area contributed by atoms with Crippen molar-refractivity contribution in [2.45, 2.75) is 38.5 Å². The molecule has 18 heavy (non-hydrogen) atoms. The molecule has 1 N–H and O–H groups in total. The maximum atomic E-state index is 5.51. The molecule has 1 fully saturated rings. The average molecular weight is 253 g/mol. The van der Waals surface area contributed by atoms with E-state index in [1.807, 2.05) is 17.9 Å². The molecule has 5 heteroatoms. The molecule has 1 aromatic heterocycles. The van der Waals surface area contributed by atoms with E-state index >= 15 is 0 Å². The minimum absolute atomic E-state index is 0.0250. The Morgan fingerprint density at radius 1 is 1.50 bits per heavy atom. The first-order valence-electron chi connectivity index (χ1n) is 6.72. The number of ether oxygens (including phenoxy) is 2. The van der Waals surface area contributed by atoms with E-state index in [-0.39, 0.29) is 6.29 Å². The zero-order valence-electron chi connectivity index (χ0n) is 11.3. The number of hydrogen-bond acceptors (Lipinski definition) is 4. The summed E-state index contributed by atoms with van der Waals surface area (Å²) >= 11 is 0. The molecule has 1 unspecified atom stereocenters. The van der Waals surface area contributed by atoms with Crippen LogP contribution in [0.25, 0.3) is 0 Å². The molecular formula is C13H23N3O2. The van der Waals surface area contributed by atoms with E-state index in [9.17, 15) is 0 Å². The SMILES string of the molecule is CCNC(CCc1cnn(C)c1)CC1OCCO1. The molecule has 2 heterocycles. The topological polar surface area (TPSA) is 48.3 Å². The quantitative estimate of drug-likeness (QED) is 0.790. The molecule has 0 saturated carbocycles. The van der Waals surface area contributed by atoms with Crippen molar-refractivity contribution >= 4 is 0 Å². The Kier molecular flexibility index (Phi) is 5.16. The monoisotopic (exact) mass is 253 g/mol. The minimum atomic E-state index is -0.0250. The van der Waals surface area contributed by atoms with Crippen LogP contribution in [0.15, 0.2) is 12.4 Å². The first-order chi connectivity index (χ1) is 8.78. The molecule has 5 nitrogen and oxygen atoms in total. The van der Waals surface area contributed by atoms with Gasteiger partial charge in [0.05, 0.1) is 19.4 Å². The molecule has 0 spiro atoms. The smallest absolute Gasteiger partial charge is 0.159 e. The average Bonchev–Trinajstić information content (AvgIpc) is 2.98. The van der Waals surface area contributed by atoms with Gasteiger partial charge in [-0.05, 0) is 24.9 Å². The zero-order chi connectivity index (χ0) is 12.8. The second kappa shape index (κ2) is 6.87. The standard InChI is InChI=1S/C13H23N3O2/c1-3-14-12(8-13-17-6-7-18-13)5-4-11-9-15-16(2)10-11/h9-10,12-14H,3-8H2,1-2H3. The Hall–Kier alpha value is -0.910. The molecule has 1 aliphatic rings. The first kappa shape index (κ1) is 13.5. The third-order valence-corrected chi connectivity index (χ3v) is 3.20. The Bertz CT molecular complexity index is 348. The van der Waals surface area contributed by atoms with E-state index in [1.165, 1.54) is 5.56 Å². The lowest BCUT2D eigenvalue weighted by molar-refractivity contribution is -0.0530. The molecule has 1 aromatic rings. The molecule has 0 bridgehead atoms. The van der Waals surface area contributed by atoms with Crippen LogP contribution in [0.3, 0.4) is 0 Å². The van der Waals surface area contributed by atoms with Gasteiger partial charge in [-0.2, -0.15) is 5.10 Å². The predicted molar refractivity (Wildman–Crippen MR) is 69.3 cm³/mol. The van der Waals surface area contributed by atoms with Gasteiger partial charge in [0.2, 0.25) is 0 Å². The van der Waals surface area contributed by atoms with Gasteiger partial charge >= 0.3 is 0 Å². The van der Waals surface area contributed by atoms with E-state index in [4.69, 9.17) is 9.47 Å². The number of rotatable bonds is 7. The number of nitrogens with one attached hydrogen (secondary N) is 1. The highest BCUT2D eigenvalue weighted by Crippen LogP contribution is 2.14. The molecule has 102 valence electrons. The van der Waals surface area contributed by atoms with E-state index in [0.29, 0.717) is 6.04 Å². The molecular weight excluding hydrogens is 230 g/mol. The van der Waals surface area contributed by atoms with E-state index < -0.39 is 0 Å². The predicted octanol–water partition coefficient (Wildman–Crippen LogP) is 1.09. The van der Waals surface area contributed by atoms with E-state index in [0.717, 1.165) is 39.0 Å². The summed E-state index contributed by atoms with van der Waals surface area (Å²) in [6, 6.07) is 0.443. The number of aryl methyl sites for hydroxylation is 2. The van der Waals surface area contributed by atoms with Crippen molar-refractivity contribution in [1.29, 1.82) is 0 Å². The molecule has 0 aromatic carbocycles. The summed E-state index contributed by atoms with van der Waals surface area (Å²) in [5.41, 5.74) is 1.29. The molecule has 2 rings (SSSR count). The van der Waals surface area contributed by atoms with E-state index in [1.54, 1.807) is 0 Å². The first-order valence-corrected chi connectivity index (χ1v) is 6.72. The Balaban J connectivity index is 1.77. The lowest BCUT2D eigenvalue weighted by Crippen LogP contribution is -2.33. The van der Waals surface area contributed by atoms with Crippen molar-refractivity contribution < 1.29 is 9.47 Å². The van der Waals surface area contributed by atoms with Gasteiger partial charge in [0, 0.05) is 25.7 Å². The Labute approximate surface area is 108 Å². The van der Waals surface area contributed by atoms with Crippen LogP contribution in [0, 0.1) is 0 Å². The third-order valence-electron chi connectivity index (χ3n) is 3.20. The highest BCUT2D eigenvalue weighted by molar-refractivity contribution is 5.04. The highest BCUT2D eigenvalue weighted by atomic mass is 16.7. The van der Waals surface area contributed by atoms with Crippen LogP contribution in [-0.4, -0.2) is 41.9 Å². The van der Waals surface area contributed by atoms with Gasteiger partial charge in [-0.1, -0.05) is 6.92 Å². The fourth-order valence-corrected chi connectivity index (χ4v) is 2.31. The van der Waals surface area contributed by atoms with Gasteiger partial charge < -0.3 is 14.8 Å². The van der Waals surface area contributed by atoms with Crippen molar-refractivity contribution in [2.75, 3.05) is 19.8 Å². The van der Waals surface area contributed by atoms with Gasteiger partial charge in [0.1, 0.15) is 0 Å². The maximum Gasteiger partial charge on any atom is 0.159 e. The molecule has 0 radical (unpaired) electrons. The molecule has 1 atom stereocenters. The fourth-order valence-electron chi connectivity index (χ4n) is 2.31. The summed E-state index contributed by atoms with van der Waals surface area (Å²) in [6.45, 7) is 4.57.